The van der Waals surface area contributed by atoms with Gasteiger partial charge < -0.3 is 14.5 Å². The molecule has 0 spiro atoms. The lowest BCUT2D eigenvalue weighted by atomic mass is 10.0. The van der Waals surface area contributed by atoms with E-state index < -0.39 is 17.7 Å². The second kappa shape index (κ2) is 10.3. The Morgan fingerprint density at radius 1 is 1.11 bits per heavy atom. The van der Waals surface area contributed by atoms with E-state index in [-0.39, 0.29) is 11.2 Å². The number of pyridine rings is 1. The summed E-state index contributed by atoms with van der Waals surface area (Å²) in [6.45, 7) is 5.89. The number of hydrogen-bond donors (Lipinski definition) is 1. The highest BCUT2D eigenvalue weighted by Crippen LogP contribution is 2.43. The van der Waals surface area contributed by atoms with Crippen molar-refractivity contribution in [1.29, 1.82) is 0 Å². The predicted octanol–water partition coefficient (Wildman–Crippen LogP) is 6.38. The molecule has 3 heterocycles. The van der Waals surface area contributed by atoms with Crippen molar-refractivity contribution < 1.29 is 19.1 Å². The number of nitrogens with zero attached hydrogens (tertiary/aromatic N) is 2. The molecule has 2 atom stereocenters. The van der Waals surface area contributed by atoms with Gasteiger partial charge in [0.1, 0.15) is 29.4 Å². The van der Waals surface area contributed by atoms with Crippen LogP contribution >= 0.6 is 11.8 Å². The first-order valence-corrected chi connectivity index (χ1v) is 13.2. The van der Waals surface area contributed by atoms with Crippen molar-refractivity contribution in [2.75, 3.05) is 5.75 Å². The lowest BCUT2D eigenvalue weighted by molar-refractivity contribution is 0.0173. The summed E-state index contributed by atoms with van der Waals surface area (Å²) in [5, 5.41) is 0.391. The number of H-pyrrole nitrogens is 1. The van der Waals surface area contributed by atoms with E-state index in [1.54, 1.807) is 23.5 Å². The van der Waals surface area contributed by atoms with Crippen LogP contribution in [-0.2, 0) is 11.3 Å². The number of fused-ring (bicyclic) bond motifs is 1. The Balaban J connectivity index is 1.43. The van der Waals surface area contributed by atoms with Crippen LogP contribution in [0.2, 0.25) is 0 Å². The van der Waals surface area contributed by atoms with E-state index in [4.69, 9.17) is 9.47 Å². The summed E-state index contributed by atoms with van der Waals surface area (Å²) in [6.07, 6.45) is 4.61. The molecule has 4 aromatic rings. The van der Waals surface area contributed by atoms with Gasteiger partial charge in [0.05, 0.1) is 0 Å². The summed E-state index contributed by atoms with van der Waals surface area (Å²) >= 11 is 1.54. The minimum atomic E-state index is -0.691. The molecule has 190 valence electrons. The van der Waals surface area contributed by atoms with E-state index >= 15 is 0 Å². The van der Waals surface area contributed by atoms with E-state index in [0.29, 0.717) is 23.7 Å². The molecular formula is C29H29N3O4S. The van der Waals surface area contributed by atoms with Gasteiger partial charge in [-0.15, -0.1) is 11.8 Å². The molecule has 1 saturated heterocycles. The smallest absolute Gasteiger partial charge is 0.412 e. The first kappa shape index (κ1) is 24.9. The highest BCUT2D eigenvalue weighted by molar-refractivity contribution is 7.99. The largest absolute Gasteiger partial charge is 0.489 e. The molecule has 0 radical (unpaired) electrons. The van der Waals surface area contributed by atoms with Gasteiger partial charge >= 0.3 is 6.09 Å². The van der Waals surface area contributed by atoms with Gasteiger partial charge in [0.2, 0.25) is 0 Å². The van der Waals surface area contributed by atoms with Gasteiger partial charge in [-0.1, -0.05) is 36.4 Å². The fourth-order valence-electron chi connectivity index (χ4n) is 4.34. The van der Waals surface area contributed by atoms with E-state index in [1.165, 1.54) is 11.8 Å². The number of aromatic amines is 1. The second-order valence-electron chi connectivity index (χ2n) is 9.92. The molecule has 5 rings (SSSR count). The maximum Gasteiger partial charge on any atom is 0.412 e. The van der Waals surface area contributed by atoms with Gasteiger partial charge in [-0.05, 0) is 50.6 Å². The van der Waals surface area contributed by atoms with Gasteiger partial charge in [-0.2, -0.15) is 0 Å². The van der Waals surface area contributed by atoms with E-state index in [9.17, 15) is 9.59 Å². The zero-order chi connectivity index (χ0) is 26.0. The summed E-state index contributed by atoms with van der Waals surface area (Å²) in [5.74, 6) is 0.980. The topological polar surface area (TPSA) is 84.5 Å². The molecule has 0 bridgehead atoms. The van der Waals surface area contributed by atoms with E-state index in [0.717, 1.165) is 22.0 Å². The van der Waals surface area contributed by atoms with Crippen LogP contribution in [0, 0.1) is 0 Å². The predicted molar refractivity (Wildman–Crippen MR) is 145 cm³/mol. The van der Waals surface area contributed by atoms with Crippen LogP contribution in [0.25, 0.3) is 10.9 Å². The number of aromatic nitrogens is 2. The number of carbonyl (C=O) groups is 2. The van der Waals surface area contributed by atoms with Crippen molar-refractivity contribution in [2.24, 2.45) is 0 Å². The molecule has 8 heteroatoms. The molecule has 1 aliphatic rings. The molecule has 7 nitrogen and oxygen atoms in total. The van der Waals surface area contributed by atoms with Crippen LogP contribution in [0.3, 0.4) is 0 Å². The standard InChI is InChI=1S/C29H29N3O4S/c1-29(2,3)36-28(34)32-25(18-37-27(32)20-10-7-13-30-15-20)26(33)23-16-31-24-12-11-21(14-22(23)24)35-17-19-8-5-4-6-9-19/h4-16,25,27,31H,17-18H2,1-3H3/t25-,27?/m0/s1. The van der Waals surface area contributed by atoms with Gasteiger partial charge in [-0.3, -0.25) is 14.7 Å². The van der Waals surface area contributed by atoms with E-state index in [2.05, 4.69) is 9.97 Å². The number of thioether (sulfide) groups is 1. The Labute approximate surface area is 220 Å². The highest BCUT2D eigenvalue weighted by atomic mass is 32.2. The zero-order valence-corrected chi connectivity index (χ0v) is 21.8. The summed E-state index contributed by atoms with van der Waals surface area (Å²) in [5.41, 5.74) is 2.57. The van der Waals surface area contributed by atoms with E-state index in [1.807, 2.05) is 81.4 Å². The molecular weight excluding hydrogens is 486 g/mol. The quantitative estimate of drug-likeness (QED) is 0.300. The van der Waals surface area contributed by atoms with Gasteiger partial charge in [0.15, 0.2) is 5.78 Å². The number of amides is 1. The molecule has 1 aliphatic heterocycles. The Morgan fingerprint density at radius 3 is 2.65 bits per heavy atom. The normalized spacial score (nSPS) is 17.6. The molecule has 0 aliphatic carbocycles. The number of rotatable bonds is 6. The minimum Gasteiger partial charge on any atom is -0.489 e. The van der Waals surface area contributed by atoms with Crippen molar-refractivity contribution in [3.63, 3.8) is 0 Å². The van der Waals surface area contributed by atoms with Crippen LogP contribution in [0.4, 0.5) is 4.79 Å². The number of ether oxygens (including phenoxy) is 2. The SMILES string of the molecule is CC(C)(C)OC(=O)N1C(c2cccnc2)SC[C@H]1C(=O)c1c[nH]c2ccc(OCc3ccccc3)cc12. The lowest BCUT2D eigenvalue weighted by Crippen LogP contribution is -2.45. The van der Waals surface area contributed by atoms with Crippen LogP contribution in [0.5, 0.6) is 5.75 Å². The summed E-state index contributed by atoms with van der Waals surface area (Å²) < 4.78 is 11.7. The second-order valence-corrected chi connectivity index (χ2v) is 11.0. The molecule has 1 unspecified atom stereocenters. The van der Waals surface area contributed by atoms with Gasteiger partial charge in [0, 0.05) is 46.4 Å². The third-order valence-corrected chi connectivity index (χ3v) is 7.37. The number of nitrogens with one attached hydrogen (secondary N) is 1. The van der Waals surface area contributed by atoms with Crippen LogP contribution in [-0.4, -0.2) is 44.1 Å². The maximum absolute atomic E-state index is 13.9. The fourth-order valence-corrected chi connectivity index (χ4v) is 5.74. The zero-order valence-electron chi connectivity index (χ0n) is 21.0. The number of carbonyl (C=O) groups excluding carboxylic acids is 2. The average Bonchev–Trinajstić information content (AvgIpc) is 3.52. The molecule has 1 fully saturated rings. The van der Waals surface area contributed by atoms with Crippen molar-refractivity contribution in [2.45, 2.75) is 44.4 Å². The maximum atomic E-state index is 13.9. The molecule has 1 N–H and O–H groups in total. The number of benzene rings is 2. The Hall–Kier alpha value is -3.78. The number of ketones is 1. The van der Waals surface area contributed by atoms with Crippen LogP contribution < -0.4 is 4.74 Å². The summed E-state index contributed by atoms with van der Waals surface area (Å²) in [6, 6.07) is 18.6. The van der Waals surface area contributed by atoms with Crippen molar-refractivity contribution in [3.05, 3.63) is 95.9 Å². The van der Waals surface area contributed by atoms with Crippen molar-refractivity contribution in [3.8, 4) is 5.75 Å². The monoisotopic (exact) mass is 515 g/mol. The van der Waals surface area contributed by atoms with Gasteiger partial charge in [0.25, 0.3) is 0 Å². The van der Waals surface area contributed by atoms with Crippen molar-refractivity contribution in [1.82, 2.24) is 14.9 Å². The third-order valence-electron chi connectivity index (χ3n) is 6.04. The Morgan fingerprint density at radius 2 is 1.92 bits per heavy atom. The first-order valence-electron chi connectivity index (χ1n) is 12.1. The third kappa shape index (κ3) is 5.49. The molecule has 2 aromatic carbocycles. The Bertz CT molecular complexity index is 1400. The minimum absolute atomic E-state index is 0.142. The molecule has 1 amide bonds. The summed E-state index contributed by atoms with van der Waals surface area (Å²) in [4.78, 5) is 36.2. The summed E-state index contributed by atoms with van der Waals surface area (Å²) in [7, 11) is 0. The Kier molecular flexibility index (Phi) is 6.93. The van der Waals surface area contributed by atoms with Gasteiger partial charge in [-0.25, -0.2) is 4.79 Å². The lowest BCUT2D eigenvalue weighted by Gasteiger charge is -2.31. The van der Waals surface area contributed by atoms with Crippen LogP contribution in [0.15, 0.2) is 79.3 Å². The van der Waals surface area contributed by atoms with Crippen molar-refractivity contribution >= 4 is 34.5 Å². The number of Topliss-reactive ketones (excluding diaryl/α,β-unsaturated/α-hetero) is 1. The number of hydrogen-bond acceptors (Lipinski definition) is 6. The van der Waals surface area contributed by atoms with Crippen LogP contribution in [0.1, 0.15) is 47.6 Å². The molecule has 0 saturated carbocycles. The molecule has 37 heavy (non-hydrogen) atoms. The average molecular weight is 516 g/mol. The first-order chi connectivity index (χ1) is 17.8. The molecule has 2 aromatic heterocycles. The fraction of sp³-hybridized carbons (Fsp3) is 0.276. The highest BCUT2D eigenvalue weighted by Gasteiger charge is 2.45.